The van der Waals surface area contributed by atoms with Gasteiger partial charge in [-0.05, 0) is 24.3 Å². The van der Waals surface area contributed by atoms with Crippen LogP contribution in [-0.4, -0.2) is 16.8 Å². The monoisotopic (exact) mass is 275 g/mol. The van der Waals surface area contributed by atoms with E-state index in [9.17, 15) is 18.8 Å². The normalized spacial score (nSPS) is 10.1. The van der Waals surface area contributed by atoms with Gasteiger partial charge in [0.1, 0.15) is 11.5 Å². The zero-order chi connectivity index (χ0) is 14.7. The molecule has 1 aromatic carbocycles. The van der Waals surface area contributed by atoms with Gasteiger partial charge in [0.05, 0.1) is 5.69 Å². The lowest BCUT2D eigenvalue weighted by Gasteiger charge is -2.07. The summed E-state index contributed by atoms with van der Waals surface area (Å²) in [6.45, 7) is 0. The van der Waals surface area contributed by atoms with Gasteiger partial charge in [-0.3, -0.25) is 14.4 Å². The molecule has 0 aliphatic heterocycles. The van der Waals surface area contributed by atoms with E-state index in [1.54, 1.807) is 0 Å². The number of benzene rings is 1. The van der Waals surface area contributed by atoms with E-state index in [4.69, 9.17) is 5.73 Å². The Morgan fingerprint density at radius 1 is 1.20 bits per heavy atom. The third-order valence-corrected chi connectivity index (χ3v) is 2.51. The standard InChI is InChI=1S/C13H10FN3O3/c14-8-5-4-7(12(15)19)6-10(8)17-13(20)9-2-1-3-11(18)16-9/h1-6H,(H2,15,19)(H,16,18)(H,17,20). The third kappa shape index (κ3) is 2.89. The van der Waals surface area contributed by atoms with E-state index in [-0.39, 0.29) is 16.9 Å². The van der Waals surface area contributed by atoms with Crippen LogP contribution in [0.5, 0.6) is 0 Å². The van der Waals surface area contributed by atoms with Crippen LogP contribution in [0.4, 0.5) is 10.1 Å². The number of nitrogens with one attached hydrogen (secondary N) is 2. The number of hydrogen-bond acceptors (Lipinski definition) is 3. The number of aromatic nitrogens is 1. The first-order chi connectivity index (χ1) is 9.47. The number of rotatable bonds is 3. The number of carbonyl (C=O) groups excluding carboxylic acids is 2. The van der Waals surface area contributed by atoms with Gasteiger partial charge in [0, 0.05) is 11.6 Å². The van der Waals surface area contributed by atoms with Gasteiger partial charge in [0.25, 0.3) is 5.91 Å². The third-order valence-electron chi connectivity index (χ3n) is 2.51. The van der Waals surface area contributed by atoms with E-state index < -0.39 is 23.2 Å². The Kier molecular flexibility index (Phi) is 3.60. The van der Waals surface area contributed by atoms with Crippen molar-refractivity contribution in [1.82, 2.24) is 4.98 Å². The zero-order valence-electron chi connectivity index (χ0n) is 10.1. The van der Waals surface area contributed by atoms with Gasteiger partial charge < -0.3 is 16.0 Å². The molecule has 2 aromatic rings. The van der Waals surface area contributed by atoms with Crippen molar-refractivity contribution >= 4 is 17.5 Å². The lowest BCUT2D eigenvalue weighted by atomic mass is 10.2. The van der Waals surface area contributed by atoms with Gasteiger partial charge in [0.2, 0.25) is 11.5 Å². The maximum absolute atomic E-state index is 13.5. The van der Waals surface area contributed by atoms with Gasteiger partial charge >= 0.3 is 0 Å². The second kappa shape index (κ2) is 5.35. The van der Waals surface area contributed by atoms with E-state index in [2.05, 4.69) is 10.3 Å². The summed E-state index contributed by atoms with van der Waals surface area (Å²) >= 11 is 0. The molecule has 0 atom stereocenters. The van der Waals surface area contributed by atoms with E-state index in [0.29, 0.717) is 0 Å². The summed E-state index contributed by atoms with van der Waals surface area (Å²) in [7, 11) is 0. The average Bonchev–Trinajstić information content (AvgIpc) is 2.41. The number of primary amides is 1. The summed E-state index contributed by atoms with van der Waals surface area (Å²) in [6, 6.07) is 7.35. The number of pyridine rings is 1. The first-order valence-corrected chi connectivity index (χ1v) is 5.57. The van der Waals surface area contributed by atoms with Crippen molar-refractivity contribution in [1.29, 1.82) is 0 Å². The second-order valence-corrected chi connectivity index (χ2v) is 3.94. The Balaban J connectivity index is 2.30. The molecule has 0 fully saturated rings. The zero-order valence-corrected chi connectivity index (χ0v) is 10.1. The molecule has 1 aromatic heterocycles. The molecule has 4 N–H and O–H groups in total. The summed E-state index contributed by atoms with van der Waals surface area (Å²) in [4.78, 5) is 36.2. The van der Waals surface area contributed by atoms with E-state index in [1.165, 1.54) is 24.3 Å². The molecule has 0 saturated carbocycles. The molecule has 2 amide bonds. The van der Waals surface area contributed by atoms with Crippen LogP contribution in [0.2, 0.25) is 0 Å². The van der Waals surface area contributed by atoms with Gasteiger partial charge in [-0.15, -0.1) is 0 Å². The Bertz CT molecular complexity index is 740. The van der Waals surface area contributed by atoms with Crippen LogP contribution in [0.1, 0.15) is 20.8 Å². The topological polar surface area (TPSA) is 105 Å². The van der Waals surface area contributed by atoms with Crippen molar-refractivity contribution in [2.24, 2.45) is 5.73 Å². The molecule has 102 valence electrons. The Morgan fingerprint density at radius 3 is 2.60 bits per heavy atom. The van der Waals surface area contributed by atoms with Crippen LogP contribution in [0.3, 0.4) is 0 Å². The number of halogens is 1. The lowest BCUT2D eigenvalue weighted by Crippen LogP contribution is -2.19. The van der Waals surface area contributed by atoms with Crippen LogP contribution in [0.15, 0.2) is 41.2 Å². The Morgan fingerprint density at radius 2 is 1.95 bits per heavy atom. The van der Waals surface area contributed by atoms with Gasteiger partial charge in [-0.2, -0.15) is 0 Å². The Hall–Kier alpha value is -2.96. The highest BCUT2D eigenvalue weighted by atomic mass is 19.1. The largest absolute Gasteiger partial charge is 0.366 e. The number of anilines is 1. The first-order valence-electron chi connectivity index (χ1n) is 5.57. The van der Waals surface area contributed by atoms with Gasteiger partial charge in [0.15, 0.2) is 0 Å². The van der Waals surface area contributed by atoms with Gasteiger partial charge in [-0.25, -0.2) is 4.39 Å². The van der Waals surface area contributed by atoms with Crippen LogP contribution in [-0.2, 0) is 0 Å². The lowest BCUT2D eigenvalue weighted by molar-refractivity contribution is 0.0995. The minimum absolute atomic E-state index is 0.0265. The fourth-order valence-corrected chi connectivity index (χ4v) is 1.54. The summed E-state index contributed by atoms with van der Waals surface area (Å²) in [5.41, 5.74) is 4.45. The molecule has 6 nitrogen and oxygen atoms in total. The number of H-pyrrole nitrogens is 1. The number of amides is 2. The molecule has 0 aliphatic rings. The van der Waals surface area contributed by atoms with E-state index >= 15 is 0 Å². The smallest absolute Gasteiger partial charge is 0.272 e. The van der Waals surface area contributed by atoms with E-state index in [0.717, 1.165) is 12.1 Å². The molecule has 20 heavy (non-hydrogen) atoms. The highest BCUT2D eigenvalue weighted by Gasteiger charge is 2.12. The van der Waals surface area contributed by atoms with Crippen LogP contribution < -0.4 is 16.6 Å². The summed E-state index contributed by atoms with van der Waals surface area (Å²) < 4.78 is 13.5. The second-order valence-electron chi connectivity index (χ2n) is 3.94. The molecule has 2 rings (SSSR count). The number of carbonyl (C=O) groups is 2. The van der Waals surface area contributed by atoms with Crippen molar-refractivity contribution < 1.29 is 14.0 Å². The molecule has 0 radical (unpaired) electrons. The molecule has 0 bridgehead atoms. The minimum atomic E-state index is -0.742. The average molecular weight is 275 g/mol. The molecule has 0 unspecified atom stereocenters. The van der Waals surface area contributed by atoms with Crippen molar-refractivity contribution in [2.75, 3.05) is 5.32 Å². The maximum Gasteiger partial charge on any atom is 0.272 e. The maximum atomic E-state index is 13.5. The fourth-order valence-electron chi connectivity index (χ4n) is 1.54. The molecule has 7 heteroatoms. The van der Waals surface area contributed by atoms with Crippen LogP contribution in [0.25, 0.3) is 0 Å². The molecular formula is C13H10FN3O3. The van der Waals surface area contributed by atoms with Crippen molar-refractivity contribution in [3.8, 4) is 0 Å². The molecule has 1 heterocycles. The molecule has 0 spiro atoms. The highest BCUT2D eigenvalue weighted by Crippen LogP contribution is 2.16. The SMILES string of the molecule is NC(=O)c1ccc(F)c(NC(=O)c2cccc(=O)[nH]2)c1. The quantitative estimate of drug-likeness (QED) is 0.773. The van der Waals surface area contributed by atoms with E-state index in [1.807, 2.05) is 0 Å². The summed E-state index contributed by atoms with van der Waals surface area (Å²) in [5, 5.41) is 2.26. The highest BCUT2D eigenvalue weighted by molar-refractivity contribution is 6.03. The Labute approximate surface area is 112 Å². The molecule has 0 saturated heterocycles. The van der Waals surface area contributed by atoms with Gasteiger partial charge in [-0.1, -0.05) is 6.07 Å². The van der Waals surface area contributed by atoms with Crippen molar-refractivity contribution in [2.45, 2.75) is 0 Å². The van der Waals surface area contributed by atoms with Crippen LogP contribution >= 0.6 is 0 Å². The van der Waals surface area contributed by atoms with Crippen molar-refractivity contribution in [3.63, 3.8) is 0 Å². The predicted octanol–water partition coefficient (Wildman–Crippen LogP) is 0.865. The van der Waals surface area contributed by atoms with Crippen LogP contribution in [0, 0.1) is 5.82 Å². The fraction of sp³-hybridized carbons (Fsp3) is 0. The first kappa shape index (κ1) is 13.5. The summed E-state index contributed by atoms with van der Waals surface area (Å²) in [6.07, 6.45) is 0. The minimum Gasteiger partial charge on any atom is -0.366 e. The summed E-state index contributed by atoms with van der Waals surface area (Å²) in [5.74, 6) is -2.17. The molecule has 0 aliphatic carbocycles. The number of nitrogens with two attached hydrogens (primary N) is 1. The number of aromatic amines is 1. The van der Waals surface area contributed by atoms with Crippen molar-refractivity contribution in [3.05, 3.63) is 63.8 Å². The predicted molar refractivity (Wildman–Crippen MR) is 69.9 cm³/mol. The molecular weight excluding hydrogens is 265 g/mol. The number of hydrogen-bond donors (Lipinski definition) is 3.